The largest absolute Gasteiger partial charge is 0.494 e. The molecule has 0 saturated heterocycles. The van der Waals surface area contributed by atoms with Crippen LogP contribution in [0.3, 0.4) is 0 Å². The lowest BCUT2D eigenvalue weighted by atomic mass is 10.2. The molecule has 0 radical (unpaired) electrons. The number of hydrogen-bond acceptors (Lipinski definition) is 5. The van der Waals surface area contributed by atoms with Crippen molar-refractivity contribution in [3.05, 3.63) is 18.2 Å². The van der Waals surface area contributed by atoms with Gasteiger partial charge in [0.15, 0.2) is 9.84 Å². The summed E-state index contributed by atoms with van der Waals surface area (Å²) < 4.78 is 27.6. The number of amides is 1. The zero-order chi connectivity index (χ0) is 13.8. The smallest absolute Gasteiger partial charge is 0.239 e. The highest BCUT2D eigenvalue weighted by Crippen LogP contribution is 2.26. The highest BCUT2D eigenvalue weighted by molar-refractivity contribution is 7.92. The van der Waals surface area contributed by atoms with E-state index in [2.05, 4.69) is 5.32 Å². The van der Waals surface area contributed by atoms with Crippen molar-refractivity contribution in [3.63, 3.8) is 0 Å². The summed E-state index contributed by atoms with van der Waals surface area (Å²) in [5.41, 5.74) is 6.45. The van der Waals surface area contributed by atoms with Gasteiger partial charge in [0.05, 0.1) is 12.8 Å². The molecule has 1 rings (SSSR count). The van der Waals surface area contributed by atoms with E-state index in [-0.39, 0.29) is 5.75 Å². The minimum absolute atomic E-state index is 0.0701. The first-order chi connectivity index (χ1) is 8.38. The van der Waals surface area contributed by atoms with Crippen molar-refractivity contribution in [2.24, 2.45) is 0 Å². The van der Waals surface area contributed by atoms with E-state index in [0.29, 0.717) is 17.1 Å². The number of hydrogen-bond donors (Lipinski definition) is 2. The summed E-state index contributed by atoms with van der Waals surface area (Å²) in [6.45, 7) is 1.49. The quantitative estimate of drug-likeness (QED) is 0.767. The molecule has 1 amide bonds. The lowest BCUT2D eigenvalue weighted by molar-refractivity contribution is -0.113. The molecule has 0 aliphatic heterocycles. The van der Waals surface area contributed by atoms with Gasteiger partial charge >= 0.3 is 0 Å². The van der Waals surface area contributed by atoms with E-state index in [1.807, 2.05) is 0 Å². The summed E-state index contributed by atoms with van der Waals surface area (Å²) in [6, 6.07) is 4.70. The SMILES string of the molecule is CCS(=O)(=O)CC(=O)Nc1ccc(N)cc1OC. The van der Waals surface area contributed by atoms with E-state index < -0.39 is 21.5 Å². The molecule has 0 aliphatic rings. The third kappa shape index (κ3) is 3.92. The number of anilines is 2. The van der Waals surface area contributed by atoms with Crippen LogP contribution >= 0.6 is 0 Å². The normalized spacial score (nSPS) is 11.0. The molecule has 0 unspecified atom stereocenters. The van der Waals surface area contributed by atoms with Gasteiger partial charge in [0.1, 0.15) is 11.5 Å². The Bertz CT molecular complexity index is 540. The molecule has 0 fully saturated rings. The average Bonchev–Trinajstić information content (AvgIpc) is 2.30. The van der Waals surface area contributed by atoms with Crippen LogP contribution in [0.25, 0.3) is 0 Å². The minimum Gasteiger partial charge on any atom is -0.494 e. The summed E-state index contributed by atoms with van der Waals surface area (Å²) in [5, 5.41) is 2.48. The topological polar surface area (TPSA) is 98.5 Å². The maximum Gasteiger partial charge on any atom is 0.239 e. The molecule has 0 heterocycles. The van der Waals surface area contributed by atoms with Crippen molar-refractivity contribution < 1.29 is 17.9 Å². The summed E-state index contributed by atoms with van der Waals surface area (Å²) in [6.07, 6.45) is 0. The lowest BCUT2D eigenvalue weighted by Crippen LogP contribution is -2.24. The molecule has 6 nitrogen and oxygen atoms in total. The molecule has 100 valence electrons. The maximum absolute atomic E-state index is 11.6. The Hall–Kier alpha value is -1.76. The van der Waals surface area contributed by atoms with Crippen LogP contribution in [0.4, 0.5) is 11.4 Å². The first kappa shape index (κ1) is 14.3. The summed E-state index contributed by atoms with van der Waals surface area (Å²) >= 11 is 0. The number of benzene rings is 1. The standard InChI is InChI=1S/C11H16N2O4S/c1-3-18(15,16)7-11(14)13-9-5-4-8(12)6-10(9)17-2/h4-6H,3,7,12H2,1-2H3,(H,13,14). The summed E-state index contributed by atoms with van der Waals surface area (Å²) in [7, 11) is -1.91. The van der Waals surface area contributed by atoms with E-state index in [1.165, 1.54) is 14.0 Å². The number of nitrogens with one attached hydrogen (secondary N) is 1. The monoisotopic (exact) mass is 272 g/mol. The first-order valence-corrected chi connectivity index (χ1v) is 7.14. The van der Waals surface area contributed by atoms with Crippen LogP contribution in [0, 0.1) is 0 Å². The fraction of sp³-hybridized carbons (Fsp3) is 0.364. The Labute approximate surface area is 106 Å². The third-order valence-electron chi connectivity index (χ3n) is 2.29. The number of nitrogen functional groups attached to an aromatic ring is 1. The van der Waals surface area contributed by atoms with E-state index in [1.54, 1.807) is 18.2 Å². The van der Waals surface area contributed by atoms with Gasteiger partial charge in [0.2, 0.25) is 5.91 Å². The van der Waals surface area contributed by atoms with Crippen LogP contribution in [0.5, 0.6) is 5.75 Å². The van der Waals surface area contributed by atoms with Crippen molar-refractivity contribution >= 4 is 27.1 Å². The molecule has 1 aromatic rings. The lowest BCUT2D eigenvalue weighted by Gasteiger charge is -2.10. The van der Waals surface area contributed by atoms with Gasteiger partial charge in [-0.1, -0.05) is 6.92 Å². The Morgan fingerprint density at radius 3 is 2.67 bits per heavy atom. The summed E-state index contributed by atoms with van der Waals surface area (Å²) in [4.78, 5) is 11.6. The molecule has 0 saturated carbocycles. The van der Waals surface area contributed by atoms with Crippen molar-refractivity contribution in [2.45, 2.75) is 6.92 Å². The molecule has 0 atom stereocenters. The molecule has 0 aromatic heterocycles. The molecular formula is C11H16N2O4S. The van der Waals surface area contributed by atoms with Crippen molar-refractivity contribution in [1.29, 1.82) is 0 Å². The highest BCUT2D eigenvalue weighted by Gasteiger charge is 2.15. The highest BCUT2D eigenvalue weighted by atomic mass is 32.2. The van der Waals surface area contributed by atoms with Gasteiger partial charge in [0, 0.05) is 17.5 Å². The number of rotatable bonds is 5. The fourth-order valence-electron chi connectivity index (χ4n) is 1.30. The van der Waals surface area contributed by atoms with Crippen molar-refractivity contribution in [2.75, 3.05) is 29.7 Å². The number of carbonyl (C=O) groups excluding carboxylic acids is 1. The Kier molecular flexibility index (Phi) is 4.55. The number of ether oxygens (including phenoxy) is 1. The second kappa shape index (κ2) is 5.72. The van der Waals surface area contributed by atoms with Crippen LogP contribution in [-0.2, 0) is 14.6 Å². The van der Waals surface area contributed by atoms with Gasteiger partial charge in [-0.25, -0.2) is 8.42 Å². The van der Waals surface area contributed by atoms with Gasteiger partial charge in [-0.15, -0.1) is 0 Å². The molecule has 18 heavy (non-hydrogen) atoms. The Balaban J connectivity index is 2.82. The second-order valence-corrected chi connectivity index (χ2v) is 6.04. The number of carbonyl (C=O) groups is 1. The number of nitrogens with two attached hydrogens (primary N) is 1. The number of sulfone groups is 1. The van der Waals surface area contributed by atoms with E-state index >= 15 is 0 Å². The molecule has 1 aromatic carbocycles. The molecular weight excluding hydrogens is 256 g/mol. The zero-order valence-corrected chi connectivity index (χ0v) is 11.1. The molecule has 3 N–H and O–H groups in total. The van der Waals surface area contributed by atoms with Gasteiger partial charge in [-0.3, -0.25) is 4.79 Å². The summed E-state index contributed by atoms with van der Waals surface area (Å²) in [5.74, 6) is -0.826. The van der Waals surface area contributed by atoms with Crippen LogP contribution < -0.4 is 15.8 Å². The van der Waals surface area contributed by atoms with Gasteiger partial charge in [-0.05, 0) is 12.1 Å². The predicted molar refractivity (Wildman–Crippen MR) is 70.4 cm³/mol. The van der Waals surface area contributed by atoms with Crippen molar-refractivity contribution in [1.82, 2.24) is 0 Å². The molecule has 0 aliphatic carbocycles. The zero-order valence-electron chi connectivity index (χ0n) is 10.3. The average molecular weight is 272 g/mol. The van der Waals surface area contributed by atoms with Crippen molar-refractivity contribution in [3.8, 4) is 5.75 Å². The van der Waals surface area contributed by atoms with Crippen LogP contribution in [0.15, 0.2) is 18.2 Å². The Morgan fingerprint density at radius 1 is 1.44 bits per heavy atom. The third-order valence-corrected chi connectivity index (χ3v) is 3.87. The fourth-order valence-corrected chi connectivity index (χ4v) is 1.97. The second-order valence-electron chi connectivity index (χ2n) is 3.68. The van der Waals surface area contributed by atoms with Crippen LogP contribution in [-0.4, -0.2) is 32.9 Å². The minimum atomic E-state index is -3.34. The van der Waals surface area contributed by atoms with E-state index in [0.717, 1.165) is 0 Å². The molecule has 0 bridgehead atoms. The van der Waals surface area contributed by atoms with E-state index in [9.17, 15) is 13.2 Å². The van der Waals surface area contributed by atoms with Gasteiger partial charge in [0.25, 0.3) is 0 Å². The molecule has 7 heteroatoms. The first-order valence-electron chi connectivity index (χ1n) is 5.31. The van der Waals surface area contributed by atoms with Gasteiger partial charge < -0.3 is 15.8 Å². The maximum atomic E-state index is 11.6. The van der Waals surface area contributed by atoms with Crippen LogP contribution in [0.1, 0.15) is 6.92 Å². The van der Waals surface area contributed by atoms with E-state index in [4.69, 9.17) is 10.5 Å². The number of methoxy groups -OCH3 is 1. The predicted octanol–water partition coefficient (Wildman–Crippen LogP) is 0.651. The van der Waals surface area contributed by atoms with Crippen LogP contribution in [0.2, 0.25) is 0 Å². The Morgan fingerprint density at radius 2 is 2.11 bits per heavy atom. The van der Waals surface area contributed by atoms with Gasteiger partial charge in [-0.2, -0.15) is 0 Å². The molecule has 0 spiro atoms.